The molecule has 0 aliphatic carbocycles. The first-order chi connectivity index (χ1) is 20.3. The second kappa shape index (κ2) is 11.7. The van der Waals surface area contributed by atoms with Crippen LogP contribution in [0.5, 0.6) is 5.75 Å². The molecule has 0 spiro atoms. The molecule has 0 unspecified atom stereocenters. The predicted octanol–water partition coefficient (Wildman–Crippen LogP) is 10.2. The molecule has 0 radical (unpaired) electrons. The molecule has 0 atom stereocenters. The summed E-state index contributed by atoms with van der Waals surface area (Å²) in [6.45, 7) is 14.9. The van der Waals surface area contributed by atoms with Crippen molar-refractivity contribution >= 4 is 0 Å². The van der Waals surface area contributed by atoms with Crippen molar-refractivity contribution in [3.63, 3.8) is 0 Å². The Hall–Kier alpha value is -4.38. The molecule has 0 saturated heterocycles. The number of pyridine rings is 2. The van der Waals surface area contributed by atoms with Gasteiger partial charge >= 0.3 is 0 Å². The first kappa shape index (κ1) is 30.1. The molecule has 43 heavy (non-hydrogen) atoms. The van der Waals surface area contributed by atoms with Gasteiger partial charge in [0.05, 0.1) is 11.9 Å². The summed E-state index contributed by atoms with van der Waals surface area (Å²) >= 11 is 0. The van der Waals surface area contributed by atoms with Crippen LogP contribution in [-0.2, 0) is 17.4 Å². The fourth-order valence-corrected chi connectivity index (χ4v) is 5.16. The van der Waals surface area contributed by atoms with Gasteiger partial charge in [-0.25, -0.2) is 8.78 Å². The van der Waals surface area contributed by atoms with Gasteiger partial charge in [-0.2, -0.15) is 0 Å². The number of aromatic nitrogens is 2. The molecule has 5 rings (SSSR count). The topological polar surface area (TPSA) is 35.0 Å². The average Bonchev–Trinajstić information content (AvgIpc) is 2.97. The lowest BCUT2D eigenvalue weighted by Gasteiger charge is -2.27. The summed E-state index contributed by atoms with van der Waals surface area (Å²) in [7, 11) is 0. The molecule has 0 bridgehead atoms. The second-order valence-corrected chi connectivity index (χ2v) is 13.1. The van der Waals surface area contributed by atoms with Gasteiger partial charge in [-0.3, -0.25) is 9.97 Å². The Balaban J connectivity index is 1.82. The van der Waals surface area contributed by atoms with Crippen molar-refractivity contribution in [3.05, 3.63) is 125 Å². The van der Waals surface area contributed by atoms with Gasteiger partial charge in [0, 0.05) is 22.9 Å². The van der Waals surface area contributed by atoms with E-state index in [1.807, 2.05) is 48.5 Å². The normalized spacial score (nSPS) is 11.9. The van der Waals surface area contributed by atoms with Crippen LogP contribution in [0, 0.1) is 18.6 Å². The van der Waals surface area contributed by atoms with Crippen LogP contribution in [-0.4, -0.2) is 9.97 Å². The molecule has 3 nitrogen and oxygen atoms in total. The van der Waals surface area contributed by atoms with E-state index in [0.29, 0.717) is 23.4 Å². The molecule has 2 heterocycles. The van der Waals surface area contributed by atoms with Crippen molar-refractivity contribution in [2.24, 2.45) is 0 Å². The van der Waals surface area contributed by atoms with E-state index >= 15 is 4.39 Å². The minimum atomic E-state index is -0.412. The van der Waals surface area contributed by atoms with E-state index < -0.39 is 5.82 Å². The Morgan fingerprint density at radius 3 is 2.09 bits per heavy atom. The van der Waals surface area contributed by atoms with Gasteiger partial charge in [-0.1, -0.05) is 84.0 Å². The van der Waals surface area contributed by atoms with Crippen LogP contribution in [0.4, 0.5) is 8.78 Å². The van der Waals surface area contributed by atoms with E-state index in [1.165, 1.54) is 12.3 Å². The summed E-state index contributed by atoms with van der Waals surface area (Å²) in [6, 6.07) is 25.0. The summed E-state index contributed by atoms with van der Waals surface area (Å²) in [6.07, 6.45) is 2.86. The van der Waals surface area contributed by atoms with E-state index in [9.17, 15) is 4.39 Å². The van der Waals surface area contributed by atoms with Crippen LogP contribution in [0.15, 0.2) is 91.3 Å². The molecule has 5 aromatic rings. The van der Waals surface area contributed by atoms with Crippen LogP contribution in [0.1, 0.15) is 63.8 Å². The van der Waals surface area contributed by atoms with Gasteiger partial charge in [0.2, 0.25) is 0 Å². The van der Waals surface area contributed by atoms with Crippen LogP contribution in [0.2, 0.25) is 0 Å². The molecule has 0 aliphatic rings. The fourth-order valence-electron chi connectivity index (χ4n) is 5.16. The van der Waals surface area contributed by atoms with Crippen molar-refractivity contribution in [2.45, 2.75) is 65.9 Å². The molecular weight excluding hydrogens is 538 g/mol. The molecule has 0 amide bonds. The third-order valence-electron chi connectivity index (χ3n) is 7.68. The molecular formula is C38H38F2N2O. The average molecular weight is 577 g/mol. The maximum absolute atomic E-state index is 15.7. The molecule has 220 valence electrons. The number of benzene rings is 3. The summed E-state index contributed by atoms with van der Waals surface area (Å²) in [5.41, 5.74) is 7.13. The highest BCUT2D eigenvalue weighted by atomic mass is 19.1. The van der Waals surface area contributed by atoms with E-state index in [-0.39, 0.29) is 22.3 Å². The summed E-state index contributed by atoms with van der Waals surface area (Å²) in [4.78, 5) is 8.98. The Morgan fingerprint density at radius 2 is 1.44 bits per heavy atom. The molecule has 0 N–H and O–H groups in total. The lowest BCUT2D eigenvalue weighted by Crippen LogP contribution is -2.14. The SMILES string of the molecule is Cc1ccnc(-c2cc(C(C)(C)C)ccc2-c2cc(OCc3ccccc3)c(C(C)(C)C)cc2-c2ccc(F)cn2)c1F. The third-order valence-corrected chi connectivity index (χ3v) is 7.68. The molecule has 2 aromatic heterocycles. The molecule has 0 saturated carbocycles. The summed E-state index contributed by atoms with van der Waals surface area (Å²) in [5, 5.41) is 0. The van der Waals surface area contributed by atoms with E-state index in [4.69, 9.17) is 4.74 Å². The largest absolute Gasteiger partial charge is 0.489 e. The monoisotopic (exact) mass is 576 g/mol. The van der Waals surface area contributed by atoms with Gasteiger partial charge in [-0.15, -0.1) is 0 Å². The first-order valence-electron chi connectivity index (χ1n) is 14.6. The Labute approximate surface area is 253 Å². The Morgan fingerprint density at radius 1 is 0.698 bits per heavy atom. The van der Waals surface area contributed by atoms with Gasteiger partial charge in [0.15, 0.2) is 5.82 Å². The van der Waals surface area contributed by atoms with E-state index in [2.05, 4.69) is 63.6 Å². The van der Waals surface area contributed by atoms with Crippen LogP contribution >= 0.6 is 0 Å². The number of nitrogens with zero attached hydrogens (tertiary/aromatic N) is 2. The van der Waals surface area contributed by atoms with E-state index in [0.717, 1.165) is 39.1 Å². The number of hydrogen-bond acceptors (Lipinski definition) is 3. The second-order valence-electron chi connectivity index (χ2n) is 13.1. The van der Waals surface area contributed by atoms with E-state index in [1.54, 1.807) is 25.3 Å². The lowest BCUT2D eigenvalue weighted by molar-refractivity contribution is 0.298. The van der Waals surface area contributed by atoms with Gasteiger partial charge in [0.25, 0.3) is 0 Å². The standard InChI is InChI=1S/C38H38F2N2O/c1-24-17-18-41-36(35(24)40)31-19-26(37(2,3)4)13-15-28(31)29-21-34(43-23-25-11-9-8-10-12-25)32(38(5,6)7)20-30(29)33-16-14-27(39)22-42-33/h8-22H,23H2,1-7H3. The highest BCUT2D eigenvalue weighted by Crippen LogP contribution is 2.45. The number of ether oxygens (including phenoxy) is 1. The lowest BCUT2D eigenvalue weighted by atomic mass is 9.80. The third kappa shape index (κ3) is 6.51. The highest BCUT2D eigenvalue weighted by Gasteiger charge is 2.26. The number of hydrogen-bond donors (Lipinski definition) is 0. The predicted molar refractivity (Wildman–Crippen MR) is 171 cm³/mol. The zero-order valence-electron chi connectivity index (χ0n) is 25.9. The zero-order chi connectivity index (χ0) is 30.9. The van der Waals surface area contributed by atoms with Crippen molar-refractivity contribution < 1.29 is 13.5 Å². The molecule has 0 aliphatic heterocycles. The molecule has 3 aromatic carbocycles. The fraction of sp³-hybridized carbons (Fsp3) is 0.263. The van der Waals surface area contributed by atoms with Crippen molar-refractivity contribution in [1.82, 2.24) is 9.97 Å². The van der Waals surface area contributed by atoms with Crippen LogP contribution in [0.25, 0.3) is 33.6 Å². The minimum absolute atomic E-state index is 0.172. The van der Waals surface area contributed by atoms with Gasteiger partial charge in [-0.05, 0) is 82.0 Å². The Bertz CT molecular complexity index is 1750. The molecule has 0 fully saturated rings. The maximum atomic E-state index is 15.7. The highest BCUT2D eigenvalue weighted by molar-refractivity contribution is 5.92. The van der Waals surface area contributed by atoms with Crippen LogP contribution in [0.3, 0.4) is 0 Å². The number of rotatable bonds is 6. The first-order valence-corrected chi connectivity index (χ1v) is 14.6. The van der Waals surface area contributed by atoms with Crippen molar-refractivity contribution in [2.75, 3.05) is 0 Å². The number of halogens is 2. The zero-order valence-corrected chi connectivity index (χ0v) is 25.9. The summed E-state index contributed by atoms with van der Waals surface area (Å²) < 4.78 is 36.3. The van der Waals surface area contributed by atoms with Gasteiger partial charge < -0.3 is 4.74 Å². The van der Waals surface area contributed by atoms with Crippen molar-refractivity contribution in [1.29, 1.82) is 0 Å². The minimum Gasteiger partial charge on any atom is -0.489 e. The number of aryl methyl sites for hydroxylation is 1. The Kier molecular flexibility index (Phi) is 8.20. The van der Waals surface area contributed by atoms with Crippen LogP contribution < -0.4 is 4.74 Å². The van der Waals surface area contributed by atoms with Gasteiger partial charge in [0.1, 0.15) is 23.9 Å². The smallest absolute Gasteiger partial charge is 0.152 e. The maximum Gasteiger partial charge on any atom is 0.152 e. The quantitative estimate of drug-likeness (QED) is 0.202. The molecule has 5 heteroatoms. The summed E-state index contributed by atoms with van der Waals surface area (Å²) in [5.74, 6) is -0.0470. The van der Waals surface area contributed by atoms with Crippen molar-refractivity contribution in [3.8, 4) is 39.4 Å².